The predicted molar refractivity (Wildman–Crippen MR) is 86.8 cm³/mol. The molecule has 0 radical (unpaired) electrons. The number of rotatable bonds is 6. The monoisotopic (exact) mass is 317 g/mol. The second-order valence-corrected chi connectivity index (χ2v) is 5.11. The molecular weight excluding hydrogens is 302 g/mol. The summed E-state index contributed by atoms with van der Waals surface area (Å²) >= 11 is 5.77. The van der Waals surface area contributed by atoms with Crippen molar-refractivity contribution in [2.75, 3.05) is 10.6 Å². The van der Waals surface area contributed by atoms with E-state index in [2.05, 4.69) is 15.6 Å². The molecule has 2 amide bonds. The first-order valence-electron chi connectivity index (χ1n) is 6.90. The third-order valence-corrected chi connectivity index (χ3v) is 3.12. The summed E-state index contributed by atoms with van der Waals surface area (Å²) in [5, 5.41) is 6.04. The molecule has 2 aromatic rings. The van der Waals surface area contributed by atoms with Crippen LogP contribution in [0.15, 0.2) is 48.7 Å². The fourth-order valence-corrected chi connectivity index (χ4v) is 1.93. The molecule has 5 nitrogen and oxygen atoms in total. The molecule has 0 aliphatic heterocycles. The van der Waals surface area contributed by atoms with Gasteiger partial charge in [0.15, 0.2) is 0 Å². The summed E-state index contributed by atoms with van der Waals surface area (Å²) in [5.74, 6) is 0.226. The van der Waals surface area contributed by atoms with Crippen LogP contribution >= 0.6 is 11.6 Å². The van der Waals surface area contributed by atoms with E-state index in [0.717, 1.165) is 0 Å². The number of benzene rings is 1. The highest BCUT2D eigenvalue weighted by Gasteiger charge is 2.06. The van der Waals surface area contributed by atoms with Gasteiger partial charge in [-0.3, -0.25) is 9.59 Å². The van der Waals surface area contributed by atoms with Gasteiger partial charge >= 0.3 is 0 Å². The van der Waals surface area contributed by atoms with Crippen molar-refractivity contribution in [3.63, 3.8) is 0 Å². The average molecular weight is 318 g/mol. The van der Waals surface area contributed by atoms with E-state index in [0.29, 0.717) is 22.9 Å². The summed E-state index contributed by atoms with van der Waals surface area (Å²) in [7, 11) is 0. The molecule has 0 saturated heterocycles. The molecule has 2 rings (SSSR count). The maximum atomic E-state index is 11.7. The highest BCUT2D eigenvalue weighted by atomic mass is 35.5. The fourth-order valence-electron chi connectivity index (χ4n) is 1.81. The Labute approximate surface area is 133 Å². The number of hydrogen-bond donors (Lipinski definition) is 2. The van der Waals surface area contributed by atoms with Crippen LogP contribution in [0.2, 0.25) is 5.02 Å². The largest absolute Gasteiger partial charge is 0.326 e. The first-order valence-corrected chi connectivity index (χ1v) is 7.27. The summed E-state index contributed by atoms with van der Waals surface area (Å²) < 4.78 is 0. The van der Waals surface area contributed by atoms with Gasteiger partial charge in [-0.2, -0.15) is 0 Å². The van der Waals surface area contributed by atoms with Crippen molar-refractivity contribution in [1.82, 2.24) is 4.98 Å². The molecule has 1 heterocycles. The Morgan fingerprint density at radius 3 is 2.27 bits per heavy atom. The summed E-state index contributed by atoms with van der Waals surface area (Å²) in [6, 6.07) is 12.2. The molecule has 0 spiro atoms. The highest BCUT2D eigenvalue weighted by molar-refractivity contribution is 6.30. The van der Waals surface area contributed by atoms with E-state index in [-0.39, 0.29) is 24.7 Å². The van der Waals surface area contributed by atoms with Gasteiger partial charge in [0.05, 0.1) is 0 Å². The molecule has 1 aromatic heterocycles. The highest BCUT2D eigenvalue weighted by Crippen LogP contribution is 2.14. The summed E-state index contributed by atoms with van der Waals surface area (Å²) in [5.41, 5.74) is 0.687. The molecule has 0 aliphatic carbocycles. The van der Waals surface area contributed by atoms with Gasteiger partial charge in [-0.25, -0.2) is 4.98 Å². The van der Waals surface area contributed by atoms with Gasteiger partial charge in [-0.15, -0.1) is 0 Å². The number of carbonyl (C=O) groups is 2. The number of pyridine rings is 1. The standard InChI is InChI=1S/C16H16ClN3O2/c17-12-7-9-13(10-8-12)19-15(21)5-3-6-16(22)20-14-4-1-2-11-18-14/h1-2,4,7-11H,3,5-6H2,(H,19,21)(H,18,20,22). The third kappa shape index (κ3) is 5.54. The van der Waals surface area contributed by atoms with Crippen LogP contribution in [0.1, 0.15) is 19.3 Å². The Kier molecular flexibility index (Phi) is 5.91. The van der Waals surface area contributed by atoms with Gasteiger partial charge in [-0.1, -0.05) is 17.7 Å². The predicted octanol–water partition coefficient (Wildman–Crippen LogP) is 3.48. The number of nitrogens with one attached hydrogen (secondary N) is 2. The lowest BCUT2D eigenvalue weighted by atomic mass is 10.2. The fraction of sp³-hybridized carbons (Fsp3) is 0.188. The van der Waals surface area contributed by atoms with Gasteiger partial charge in [0, 0.05) is 29.7 Å². The minimum atomic E-state index is -0.155. The minimum absolute atomic E-state index is 0.132. The van der Waals surface area contributed by atoms with Crippen molar-refractivity contribution in [3.05, 3.63) is 53.7 Å². The average Bonchev–Trinajstić information content (AvgIpc) is 2.50. The summed E-state index contributed by atoms with van der Waals surface area (Å²) in [6.07, 6.45) is 2.62. The Bertz CT molecular complexity index is 630. The van der Waals surface area contributed by atoms with Crippen molar-refractivity contribution in [2.45, 2.75) is 19.3 Å². The van der Waals surface area contributed by atoms with E-state index in [1.807, 2.05) is 0 Å². The number of carbonyl (C=O) groups excluding carboxylic acids is 2. The van der Waals surface area contributed by atoms with Crippen molar-refractivity contribution in [2.24, 2.45) is 0 Å². The number of amides is 2. The van der Waals surface area contributed by atoms with E-state index >= 15 is 0 Å². The lowest BCUT2D eigenvalue weighted by molar-refractivity contribution is -0.117. The summed E-state index contributed by atoms with van der Waals surface area (Å²) in [4.78, 5) is 27.4. The van der Waals surface area contributed by atoms with Crippen LogP contribution in [0.4, 0.5) is 11.5 Å². The zero-order valence-electron chi connectivity index (χ0n) is 11.9. The van der Waals surface area contributed by atoms with Crippen LogP contribution in [0.25, 0.3) is 0 Å². The van der Waals surface area contributed by atoms with Gasteiger partial charge < -0.3 is 10.6 Å². The smallest absolute Gasteiger partial charge is 0.225 e. The van der Waals surface area contributed by atoms with Crippen LogP contribution in [0.3, 0.4) is 0 Å². The zero-order chi connectivity index (χ0) is 15.8. The van der Waals surface area contributed by atoms with Crippen LogP contribution in [0, 0.1) is 0 Å². The second kappa shape index (κ2) is 8.14. The lowest BCUT2D eigenvalue weighted by Crippen LogP contribution is -2.15. The lowest BCUT2D eigenvalue weighted by Gasteiger charge is -2.06. The van der Waals surface area contributed by atoms with E-state index in [4.69, 9.17) is 11.6 Å². The molecule has 22 heavy (non-hydrogen) atoms. The van der Waals surface area contributed by atoms with E-state index < -0.39 is 0 Å². The SMILES string of the molecule is O=C(CCCC(=O)Nc1ccccn1)Nc1ccc(Cl)cc1. The van der Waals surface area contributed by atoms with E-state index in [9.17, 15) is 9.59 Å². The van der Waals surface area contributed by atoms with Crippen molar-refractivity contribution in [3.8, 4) is 0 Å². The van der Waals surface area contributed by atoms with Gasteiger partial charge in [0.2, 0.25) is 11.8 Å². The third-order valence-electron chi connectivity index (χ3n) is 2.87. The van der Waals surface area contributed by atoms with Crippen molar-refractivity contribution in [1.29, 1.82) is 0 Å². The minimum Gasteiger partial charge on any atom is -0.326 e. The molecule has 6 heteroatoms. The van der Waals surface area contributed by atoms with Crippen LogP contribution in [0.5, 0.6) is 0 Å². The van der Waals surface area contributed by atoms with Crippen LogP contribution < -0.4 is 10.6 Å². The van der Waals surface area contributed by atoms with Gasteiger partial charge in [0.25, 0.3) is 0 Å². The summed E-state index contributed by atoms with van der Waals surface area (Å²) in [6.45, 7) is 0. The molecule has 0 unspecified atom stereocenters. The first-order chi connectivity index (χ1) is 10.6. The Morgan fingerprint density at radius 2 is 1.64 bits per heavy atom. The Hall–Kier alpha value is -2.40. The molecule has 0 aliphatic rings. The quantitative estimate of drug-likeness (QED) is 0.856. The van der Waals surface area contributed by atoms with Crippen LogP contribution in [-0.2, 0) is 9.59 Å². The number of halogens is 1. The normalized spacial score (nSPS) is 10.0. The van der Waals surface area contributed by atoms with E-state index in [1.54, 1.807) is 48.7 Å². The first kappa shape index (κ1) is 16.0. The number of hydrogen-bond acceptors (Lipinski definition) is 3. The maximum Gasteiger partial charge on any atom is 0.225 e. The van der Waals surface area contributed by atoms with Crippen molar-refractivity contribution >= 4 is 34.9 Å². The number of aromatic nitrogens is 1. The molecule has 114 valence electrons. The molecule has 1 aromatic carbocycles. The Morgan fingerprint density at radius 1 is 0.955 bits per heavy atom. The molecule has 0 saturated carbocycles. The van der Waals surface area contributed by atoms with E-state index in [1.165, 1.54) is 0 Å². The maximum absolute atomic E-state index is 11.7. The molecule has 0 bridgehead atoms. The molecule has 2 N–H and O–H groups in total. The molecular formula is C16H16ClN3O2. The van der Waals surface area contributed by atoms with Crippen molar-refractivity contribution < 1.29 is 9.59 Å². The zero-order valence-corrected chi connectivity index (χ0v) is 12.6. The topological polar surface area (TPSA) is 71.1 Å². The molecule has 0 fully saturated rings. The van der Waals surface area contributed by atoms with Crippen LogP contribution in [-0.4, -0.2) is 16.8 Å². The van der Waals surface area contributed by atoms with Gasteiger partial charge in [-0.05, 0) is 42.8 Å². The number of anilines is 2. The van der Waals surface area contributed by atoms with Gasteiger partial charge in [0.1, 0.15) is 5.82 Å². The number of nitrogens with zero attached hydrogens (tertiary/aromatic N) is 1. The Balaban J connectivity index is 1.68. The second-order valence-electron chi connectivity index (χ2n) is 4.67. The molecule has 0 atom stereocenters.